The van der Waals surface area contributed by atoms with Crippen LogP contribution in [0, 0.1) is 17.6 Å². The Balaban J connectivity index is 1.52. The Bertz CT molecular complexity index is 1060. The second-order valence-electron chi connectivity index (χ2n) is 7.70. The van der Waals surface area contributed by atoms with Crippen LogP contribution in [-0.2, 0) is 4.79 Å². The molecule has 0 bridgehead atoms. The molecule has 0 radical (unpaired) electrons. The van der Waals surface area contributed by atoms with Crippen LogP contribution in [0.25, 0.3) is 16.6 Å². The van der Waals surface area contributed by atoms with Crippen LogP contribution < -0.4 is 14.8 Å². The number of nitrogens with zero attached hydrogens (tertiary/aromatic N) is 2. The summed E-state index contributed by atoms with van der Waals surface area (Å²) < 4.78 is 41.7. The minimum absolute atomic E-state index is 0.0402. The van der Waals surface area contributed by atoms with Crippen LogP contribution in [0.2, 0.25) is 0 Å². The average molecular weight is 415 g/mol. The van der Waals surface area contributed by atoms with Gasteiger partial charge in [-0.1, -0.05) is 0 Å². The summed E-state index contributed by atoms with van der Waals surface area (Å²) >= 11 is 0. The summed E-state index contributed by atoms with van der Waals surface area (Å²) in [6, 6.07) is 7.34. The zero-order valence-corrected chi connectivity index (χ0v) is 16.8. The van der Waals surface area contributed by atoms with Crippen LogP contribution in [0.4, 0.5) is 8.78 Å². The molecule has 3 aromatic rings. The van der Waals surface area contributed by atoms with Gasteiger partial charge in [-0.25, -0.2) is 13.5 Å². The first kappa shape index (κ1) is 20.1. The Labute approximate surface area is 172 Å². The highest BCUT2D eigenvalue weighted by Crippen LogP contribution is 2.31. The largest absolute Gasteiger partial charge is 0.493 e. The predicted molar refractivity (Wildman–Crippen MR) is 108 cm³/mol. The summed E-state index contributed by atoms with van der Waals surface area (Å²) in [5.74, 6) is -0.435. The number of nitrogens with one attached hydrogen (secondary N) is 1. The van der Waals surface area contributed by atoms with Gasteiger partial charge in [0.25, 0.3) is 0 Å². The average Bonchev–Trinajstić information content (AvgIpc) is 3.41. The highest BCUT2D eigenvalue weighted by atomic mass is 19.1. The third-order valence-corrected chi connectivity index (χ3v) is 4.83. The molecule has 1 aromatic heterocycles. The molecule has 30 heavy (non-hydrogen) atoms. The SMILES string of the molecule is CC(=O)NC(C)COc1cc(F)c(-n2cc3ccc(OCC4CC4)cc3n2)c(F)c1. The molecule has 8 heteroatoms. The van der Waals surface area contributed by atoms with Crippen LogP contribution in [0.5, 0.6) is 11.5 Å². The second kappa shape index (κ2) is 8.30. The molecular weight excluding hydrogens is 392 g/mol. The summed E-state index contributed by atoms with van der Waals surface area (Å²) in [7, 11) is 0. The van der Waals surface area contributed by atoms with Crippen molar-refractivity contribution in [3.05, 3.63) is 48.2 Å². The maximum absolute atomic E-state index is 14.7. The molecule has 1 N–H and O–H groups in total. The molecule has 0 spiro atoms. The number of rotatable bonds is 8. The first-order chi connectivity index (χ1) is 14.4. The summed E-state index contributed by atoms with van der Waals surface area (Å²) in [5, 5.41) is 7.70. The van der Waals surface area contributed by atoms with E-state index in [-0.39, 0.29) is 30.0 Å². The van der Waals surface area contributed by atoms with Gasteiger partial charge in [-0.2, -0.15) is 5.10 Å². The van der Waals surface area contributed by atoms with E-state index >= 15 is 0 Å². The summed E-state index contributed by atoms with van der Waals surface area (Å²) in [5.41, 5.74) is 0.306. The normalized spacial score (nSPS) is 14.5. The van der Waals surface area contributed by atoms with Gasteiger partial charge in [0.05, 0.1) is 18.2 Å². The lowest BCUT2D eigenvalue weighted by Gasteiger charge is -2.14. The molecule has 1 aliphatic rings. The van der Waals surface area contributed by atoms with Crippen molar-refractivity contribution < 1.29 is 23.0 Å². The van der Waals surface area contributed by atoms with Gasteiger partial charge in [0.1, 0.15) is 23.8 Å². The Hall–Kier alpha value is -3.16. The lowest BCUT2D eigenvalue weighted by Crippen LogP contribution is -2.35. The number of amides is 1. The number of halogens is 2. The van der Waals surface area contributed by atoms with Gasteiger partial charge in [-0.15, -0.1) is 0 Å². The minimum Gasteiger partial charge on any atom is -0.493 e. The third kappa shape index (κ3) is 4.69. The van der Waals surface area contributed by atoms with Crippen molar-refractivity contribution in [2.24, 2.45) is 5.92 Å². The fraction of sp³-hybridized carbons (Fsp3) is 0.364. The first-order valence-corrected chi connectivity index (χ1v) is 9.90. The van der Waals surface area contributed by atoms with E-state index < -0.39 is 11.6 Å². The van der Waals surface area contributed by atoms with Crippen molar-refractivity contribution >= 4 is 16.8 Å². The number of aromatic nitrogens is 2. The van der Waals surface area contributed by atoms with Gasteiger partial charge in [-0.3, -0.25) is 4.79 Å². The second-order valence-corrected chi connectivity index (χ2v) is 7.70. The molecule has 2 aromatic carbocycles. The van der Waals surface area contributed by atoms with Crippen molar-refractivity contribution in [2.75, 3.05) is 13.2 Å². The van der Waals surface area contributed by atoms with Crippen molar-refractivity contribution in [3.63, 3.8) is 0 Å². The molecule has 4 rings (SSSR count). The summed E-state index contributed by atoms with van der Waals surface area (Å²) in [4.78, 5) is 11.0. The zero-order valence-electron chi connectivity index (χ0n) is 16.8. The van der Waals surface area contributed by atoms with E-state index in [0.29, 0.717) is 23.8 Å². The van der Waals surface area contributed by atoms with E-state index in [2.05, 4.69) is 10.4 Å². The molecule has 158 valence electrons. The number of carbonyl (C=O) groups excluding carboxylic acids is 1. The van der Waals surface area contributed by atoms with Gasteiger partial charge in [0.15, 0.2) is 11.6 Å². The van der Waals surface area contributed by atoms with Crippen molar-refractivity contribution in [2.45, 2.75) is 32.7 Å². The van der Waals surface area contributed by atoms with E-state index in [1.165, 1.54) is 24.4 Å². The molecule has 6 nitrogen and oxygen atoms in total. The van der Waals surface area contributed by atoms with Crippen LogP contribution in [0.3, 0.4) is 0 Å². The van der Waals surface area contributed by atoms with Gasteiger partial charge in [0.2, 0.25) is 5.91 Å². The zero-order chi connectivity index (χ0) is 21.3. The third-order valence-electron chi connectivity index (χ3n) is 4.83. The Morgan fingerprint density at radius 2 is 1.93 bits per heavy atom. The van der Waals surface area contributed by atoms with E-state index in [0.717, 1.165) is 17.5 Å². The minimum atomic E-state index is -0.796. The van der Waals surface area contributed by atoms with Crippen LogP contribution in [0.1, 0.15) is 26.7 Å². The highest BCUT2D eigenvalue weighted by Gasteiger charge is 2.22. The maximum Gasteiger partial charge on any atom is 0.217 e. The molecule has 1 saturated carbocycles. The van der Waals surface area contributed by atoms with Crippen LogP contribution in [-0.4, -0.2) is 34.9 Å². The lowest BCUT2D eigenvalue weighted by molar-refractivity contribution is -0.119. The molecule has 1 heterocycles. The van der Waals surface area contributed by atoms with Crippen molar-refractivity contribution in [1.82, 2.24) is 15.1 Å². The molecule has 1 atom stereocenters. The summed E-state index contributed by atoms with van der Waals surface area (Å²) in [6.07, 6.45) is 3.96. The van der Waals surface area contributed by atoms with Crippen molar-refractivity contribution in [1.29, 1.82) is 0 Å². The monoisotopic (exact) mass is 415 g/mol. The Morgan fingerprint density at radius 1 is 1.20 bits per heavy atom. The molecule has 1 aliphatic carbocycles. The molecule has 1 unspecified atom stereocenters. The van der Waals surface area contributed by atoms with Gasteiger partial charge in [0, 0.05) is 36.7 Å². The predicted octanol–water partition coefficient (Wildman–Crippen LogP) is 4.00. The number of ether oxygens (including phenoxy) is 2. The standard InChI is InChI=1S/C22H23F2N3O3/c1-13(25-14(2)28)11-29-18-7-19(23)22(20(24)8-18)27-10-16-5-6-17(9-21(16)26-27)30-12-15-3-4-15/h5-10,13,15H,3-4,11-12H2,1-2H3,(H,25,28). The maximum atomic E-state index is 14.7. The Morgan fingerprint density at radius 3 is 2.60 bits per heavy atom. The van der Waals surface area contributed by atoms with Gasteiger partial charge in [-0.05, 0) is 37.8 Å². The molecule has 1 amide bonds. The smallest absolute Gasteiger partial charge is 0.217 e. The number of benzene rings is 2. The van der Waals surface area contributed by atoms with Gasteiger partial charge < -0.3 is 14.8 Å². The molecule has 0 aliphatic heterocycles. The van der Waals surface area contributed by atoms with E-state index in [1.807, 2.05) is 12.1 Å². The topological polar surface area (TPSA) is 65.4 Å². The number of hydrogen-bond donors (Lipinski definition) is 1. The summed E-state index contributed by atoms with van der Waals surface area (Å²) in [6.45, 7) is 3.89. The van der Waals surface area contributed by atoms with E-state index in [1.54, 1.807) is 19.2 Å². The number of carbonyl (C=O) groups is 1. The van der Waals surface area contributed by atoms with Crippen LogP contribution >= 0.6 is 0 Å². The molecule has 0 saturated heterocycles. The number of fused-ring (bicyclic) bond motifs is 1. The van der Waals surface area contributed by atoms with Crippen molar-refractivity contribution in [3.8, 4) is 17.2 Å². The van der Waals surface area contributed by atoms with Gasteiger partial charge >= 0.3 is 0 Å². The highest BCUT2D eigenvalue weighted by molar-refractivity contribution is 5.80. The fourth-order valence-electron chi connectivity index (χ4n) is 3.15. The Kier molecular flexibility index (Phi) is 5.57. The number of hydrogen-bond acceptors (Lipinski definition) is 4. The fourth-order valence-corrected chi connectivity index (χ4v) is 3.15. The van der Waals surface area contributed by atoms with E-state index in [9.17, 15) is 13.6 Å². The quantitative estimate of drug-likeness (QED) is 0.604. The van der Waals surface area contributed by atoms with Crippen LogP contribution in [0.15, 0.2) is 36.5 Å². The molecular formula is C22H23F2N3O3. The first-order valence-electron chi connectivity index (χ1n) is 9.90. The molecule has 1 fully saturated rings. The van der Waals surface area contributed by atoms with E-state index in [4.69, 9.17) is 9.47 Å². The lowest BCUT2D eigenvalue weighted by atomic mass is 10.2.